The first-order valence-electron chi connectivity index (χ1n) is 10.1. The van der Waals surface area contributed by atoms with Crippen LogP contribution in [0.4, 0.5) is 17.3 Å². The summed E-state index contributed by atoms with van der Waals surface area (Å²) in [5.41, 5.74) is 9.02. The topological polar surface area (TPSA) is 108 Å². The zero-order valence-electron chi connectivity index (χ0n) is 17.6. The number of nitrogens with one attached hydrogen (secondary N) is 1. The highest BCUT2D eigenvalue weighted by atomic mass is 35.5. The van der Waals surface area contributed by atoms with Gasteiger partial charge in [0.2, 0.25) is 0 Å². The van der Waals surface area contributed by atoms with Crippen LogP contribution in [0.1, 0.15) is 16.8 Å². The third-order valence-corrected chi connectivity index (χ3v) is 4.84. The predicted octanol–water partition coefficient (Wildman–Crippen LogP) is 4.98. The lowest BCUT2D eigenvalue weighted by atomic mass is 10.2. The first-order valence-corrected chi connectivity index (χ1v) is 10.5. The van der Waals surface area contributed by atoms with Crippen molar-refractivity contribution in [1.82, 2.24) is 15.0 Å². The smallest absolute Gasteiger partial charge is 0.159 e. The third-order valence-electron chi connectivity index (χ3n) is 4.54. The minimum atomic E-state index is 0.230. The van der Waals surface area contributed by atoms with E-state index in [2.05, 4.69) is 25.4 Å². The number of anilines is 3. The van der Waals surface area contributed by atoms with Crippen LogP contribution in [-0.2, 0) is 18.1 Å². The Balaban J connectivity index is 1.42. The van der Waals surface area contributed by atoms with Crippen molar-refractivity contribution in [1.29, 1.82) is 0 Å². The Morgan fingerprint density at radius 2 is 1.82 bits per heavy atom. The van der Waals surface area contributed by atoms with Gasteiger partial charge in [-0.25, -0.2) is 9.97 Å². The van der Waals surface area contributed by atoms with E-state index in [1.165, 1.54) is 12.5 Å². The third kappa shape index (κ3) is 6.18. The number of rotatable bonds is 9. The molecule has 0 unspecified atom stereocenters. The molecule has 0 radical (unpaired) electrons. The molecular weight excluding hydrogens is 440 g/mol. The van der Waals surface area contributed by atoms with Crippen LogP contribution < -0.4 is 15.8 Å². The molecule has 8 nitrogen and oxygen atoms in total. The lowest BCUT2D eigenvalue weighted by Gasteiger charge is -2.12. The van der Waals surface area contributed by atoms with E-state index in [1.54, 1.807) is 18.3 Å². The molecule has 0 aliphatic rings. The van der Waals surface area contributed by atoms with E-state index in [-0.39, 0.29) is 12.4 Å². The van der Waals surface area contributed by atoms with Crippen molar-refractivity contribution in [3.05, 3.63) is 101 Å². The number of ether oxygens (including phenoxy) is 1. The standard InChI is InChI=1S/C24H21ClN6O2/c25-21-12-18(9-10-22(21)32-14-17-6-2-1-3-7-17)31-24-20(23(26)28-16-29-24)13-30-33-15-19-8-4-5-11-27-19/h1-13,16H,14-15H2,(H3,26,28,29,31). The summed E-state index contributed by atoms with van der Waals surface area (Å²) < 4.78 is 5.82. The zero-order valence-corrected chi connectivity index (χ0v) is 18.3. The van der Waals surface area contributed by atoms with E-state index in [4.69, 9.17) is 26.9 Å². The molecule has 0 atom stereocenters. The molecule has 166 valence electrons. The molecule has 0 aliphatic carbocycles. The second kappa shape index (κ2) is 10.9. The van der Waals surface area contributed by atoms with Crippen molar-refractivity contribution in [2.75, 3.05) is 11.1 Å². The minimum absolute atomic E-state index is 0.230. The number of nitrogens with two attached hydrogens (primary N) is 1. The SMILES string of the molecule is Nc1ncnc(Nc2ccc(OCc3ccccc3)c(Cl)c2)c1C=NOCc1ccccn1. The van der Waals surface area contributed by atoms with Crippen molar-refractivity contribution in [3.8, 4) is 5.75 Å². The highest BCUT2D eigenvalue weighted by Crippen LogP contribution is 2.30. The summed E-state index contributed by atoms with van der Waals surface area (Å²) in [4.78, 5) is 17.8. The molecule has 0 saturated carbocycles. The second-order valence-corrected chi connectivity index (χ2v) is 7.30. The summed E-state index contributed by atoms with van der Waals surface area (Å²) in [6.07, 6.45) is 4.51. The van der Waals surface area contributed by atoms with Crippen LogP contribution in [-0.4, -0.2) is 21.2 Å². The molecule has 3 N–H and O–H groups in total. The van der Waals surface area contributed by atoms with E-state index in [0.29, 0.717) is 34.4 Å². The zero-order chi connectivity index (χ0) is 22.9. The monoisotopic (exact) mass is 460 g/mol. The van der Waals surface area contributed by atoms with Gasteiger partial charge in [-0.1, -0.05) is 53.2 Å². The first-order chi connectivity index (χ1) is 16.2. The van der Waals surface area contributed by atoms with Crippen molar-refractivity contribution in [3.63, 3.8) is 0 Å². The normalized spacial score (nSPS) is 10.8. The molecular formula is C24H21ClN6O2. The lowest BCUT2D eigenvalue weighted by molar-refractivity contribution is 0.129. The second-order valence-electron chi connectivity index (χ2n) is 6.89. The predicted molar refractivity (Wildman–Crippen MR) is 129 cm³/mol. The van der Waals surface area contributed by atoms with Crippen LogP contribution in [0.3, 0.4) is 0 Å². The molecule has 4 rings (SSSR count). The fourth-order valence-corrected chi connectivity index (χ4v) is 3.12. The van der Waals surface area contributed by atoms with Gasteiger partial charge < -0.3 is 20.6 Å². The number of pyridine rings is 1. The number of benzene rings is 2. The molecule has 2 aromatic heterocycles. The Hall–Kier alpha value is -4.17. The molecule has 0 fully saturated rings. The maximum atomic E-state index is 6.42. The summed E-state index contributed by atoms with van der Waals surface area (Å²) in [5.74, 6) is 1.30. The van der Waals surface area contributed by atoms with Gasteiger partial charge in [0.1, 0.15) is 30.3 Å². The maximum absolute atomic E-state index is 6.42. The fourth-order valence-electron chi connectivity index (χ4n) is 2.88. The first kappa shape index (κ1) is 22.0. The summed E-state index contributed by atoms with van der Waals surface area (Å²) in [6.45, 7) is 0.655. The molecule has 0 bridgehead atoms. The lowest BCUT2D eigenvalue weighted by Crippen LogP contribution is -2.05. The maximum Gasteiger partial charge on any atom is 0.159 e. The van der Waals surface area contributed by atoms with Crippen LogP contribution >= 0.6 is 11.6 Å². The highest BCUT2D eigenvalue weighted by Gasteiger charge is 2.10. The van der Waals surface area contributed by atoms with Crippen molar-refractivity contribution in [2.24, 2.45) is 5.16 Å². The number of hydrogen-bond acceptors (Lipinski definition) is 8. The number of halogens is 1. The molecule has 0 saturated heterocycles. The minimum Gasteiger partial charge on any atom is -0.487 e. The Morgan fingerprint density at radius 1 is 0.970 bits per heavy atom. The fraction of sp³-hybridized carbons (Fsp3) is 0.0833. The Bertz CT molecular complexity index is 1220. The summed E-state index contributed by atoms with van der Waals surface area (Å²) in [7, 11) is 0. The van der Waals surface area contributed by atoms with Gasteiger partial charge in [0.25, 0.3) is 0 Å². The van der Waals surface area contributed by atoms with Crippen LogP contribution in [0.5, 0.6) is 5.75 Å². The molecule has 4 aromatic rings. The van der Waals surface area contributed by atoms with E-state index in [0.717, 1.165) is 11.3 Å². The number of oxime groups is 1. The van der Waals surface area contributed by atoms with Gasteiger partial charge in [-0.15, -0.1) is 0 Å². The van der Waals surface area contributed by atoms with E-state index < -0.39 is 0 Å². The average molecular weight is 461 g/mol. The highest BCUT2D eigenvalue weighted by molar-refractivity contribution is 6.32. The number of aromatic nitrogens is 3. The van der Waals surface area contributed by atoms with Gasteiger partial charge in [-0.2, -0.15) is 0 Å². The van der Waals surface area contributed by atoms with Gasteiger partial charge in [0.15, 0.2) is 6.61 Å². The van der Waals surface area contributed by atoms with Gasteiger partial charge >= 0.3 is 0 Å². The van der Waals surface area contributed by atoms with Crippen molar-refractivity contribution < 1.29 is 9.57 Å². The van der Waals surface area contributed by atoms with Crippen LogP contribution in [0.25, 0.3) is 0 Å². The van der Waals surface area contributed by atoms with Crippen molar-refractivity contribution in [2.45, 2.75) is 13.2 Å². The van der Waals surface area contributed by atoms with Crippen LogP contribution in [0, 0.1) is 0 Å². The van der Waals surface area contributed by atoms with E-state index in [1.807, 2.05) is 54.6 Å². The molecule has 0 aliphatic heterocycles. The molecule has 33 heavy (non-hydrogen) atoms. The number of nitrogen functional groups attached to an aromatic ring is 1. The molecule has 2 aromatic carbocycles. The van der Waals surface area contributed by atoms with E-state index >= 15 is 0 Å². The Morgan fingerprint density at radius 3 is 2.61 bits per heavy atom. The van der Waals surface area contributed by atoms with Gasteiger partial charge in [-0.3, -0.25) is 4.98 Å². The largest absolute Gasteiger partial charge is 0.487 e. The van der Waals surface area contributed by atoms with Crippen molar-refractivity contribution >= 4 is 35.1 Å². The quantitative estimate of drug-likeness (QED) is 0.268. The molecule has 2 heterocycles. The number of nitrogens with zero attached hydrogens (tertiary/aromatic N) is 4. The molecule has 0 amide bonds. The molecule has 0 spiro atoms. The summed E-state index contributed by atoms with van der Waals surface area (Å²) in [6, 6.07) is 20.8. The van der Waals surface area contributed by atoms with Crippen LogP contribution in [0.15, 0.2) is 84.4 Å². The van der Waals surface area contributed by atoms with Gasteiger partial charge in [-0.05, 0) is 35.9 Å². The Labute approximate surface area is 196 Å². The summed E-state index contributed by atoms with van der Waals surface area (Å²) in [5, 5.41) is 7.62. The average Bonchev–Trinajstić information content (AvgIpc) is 2.84. The molecule has 9 heteroatoms. The van der Waals surface area contributed by atoms with E-state index in [9.17, 15) is 0 Å². The van der Waals surface area contributed by atoms with Gasteiger partial charge in [0.05, 0.1) is 22.5 Å². The number of hydrogen-bond donors (Lipinski definition) is 2. The van der Waals surface area contributed by atoms with Gasteiger partial charge in [0, 0.05) is 11.9 Å². The van der Waals surface area contributed by atoms with Crippen LogP contribution in [0.2, 0.25) is 5.02 Å². The Kier molecular flexibility index (Phi) is 7.29. The summed E-state index contributed by atoms with van der Waals surface area (Å²) >= 11 is 6.42.